The third-order valence-electron chi connectivity index (χ3n) is 2.96. The van der Waals surface area contributed by atoms with Crippen molar-refractivity contribution >= 4 is 0 Å². The fourth-order valence-corrected chi connectivity index (χ4v) is 1.84. The highest BCUT2D eigenvalue weighted by Gasteiger charge is 2.19. The number of pyridine rings is 1. The van der Waals surface area contributed by atoms with Gasteiger partial charge in [0.15, 0.2) is 0 Å². The summed E-state index contributed by atoms with van der Waals surface area (Å²) >= 11 is 0. The number of nitrogens with zero attached hydrogens (tertiary/aromatic N) is 2. The second-order valence-electron chi connectivity index (χ2n) is 4.51. The lowest BCUT2D eigenvalue weighted by Gasteiger charge is -2.25. The van der Waals surface area contributed by atoms with Crippen LogP contribution in [0.1, 0.15) is 31.9 Å². The molecule has 1 heterocycles. The van der Waals surface area contributed by atoms with E-state index in [0.29, 0.717) is 11.8 Å². The SMILES string of the molecule is CCC(C)C(CN(C)C)c1ccccn1. The molecule has 0 fully saturated rings. The average Bonchev–Trinajstić information content (AvgIpc) is 2.26. The summed E-state index contributed by atoms with van der Waals surface area (Å²) in [6, 6.07) is 6.19. The molecule has 0 radical (unpaired) electrons. The maximum atomic E-state index is 4.47. The van der Waals surface area contributed by atoms with Crippen molar-refractivity contribution in [1.82, 2.24) is 9.88 Å². The van der Waals surface area contributed by atoms with E-state index in [9.17, 15) is 0 Å². The van der Waals surface area contributed by atoms with E-state index in [-0.39, 0.29) is 0 Å². The van der Waals surface area contributed by atoms with Crippen LogP contribution in [0.3, 0.4) is 0 Å². The molecule has 0 bridgehead atoms. The van der Waals surface area contributed by atoms with Gasteiger partial charge in [-0.1, -0.05) is 26.3 Å². The first-order chi connectivity index (χ1) is 7.15. The van der Waals surface area contributed by atoms with E-state index in [4.69, 9.17) is 0 Å². The molecule has 84 valence electrons. The zero-order chi connectivity index (χ0) is 11.3. The van der Waals surface area contributed by atoms with E-state index >= 15 is 0 Å². The van der Waals surface area contributed by atoms with Crippen LogP contribution >= 0.6 is 0 Å². The van der Waals surface area contributed by atoms with Gasteiger partial charge in [0.1, 0.15) is 0 Å². The number of likely N-dealkylation sites (N-methyl/N-ethyl adjacent to an activating group) is 1. The van der Waals surface area contributed by atoms with Crippen LogP contribution in [0.25, 0.3) is 0 Å². The zero-order valence-electron chi connectivity index (χ0n) is 10.3. The molecule has 2 nitrogen and oxygen atoms in total. The second kappa shape index (κ2) is 5.86. The minimum absolute atomic E-state index is 0.547. The quantitative estimate of drug-likeness (QED) is 0.736. The Labute approximate surface area is 93.3 Å². The summed E-state index contributed by atoms with van der Waals surface area (Å²) in [6.07, 6.45) is 3.09. The first kappa shape index (κ1) is 12.2. The fraction of sp³-hybridized carbons (Fsp3) is 0.615. The van der Waals surface area contributed by atoms with Crippen molar-refractivity contribution in [2.24, 2.45) is 5.92 Å². The van der Waals surface area contributed by atoms with Gasteiger partial charge in [0.2, 0.25) is 0 Å². The summed E-state index contributed by atoms with van der Waals surface area (Å²) in [4.78, 5) is 6.72. The van der Waals surface area contributed by atoms with Crippen molar-refractivity contribution in [1.29, 1.82) is 0 Å². The van der Waals surface area contributed by atoms with E-state index in [2.05, 4.69) is 50.0 Å². The Morgan fingerprint density at radius 3 is 2.53 bits per heavy atom. The topological polar surface area (TPSA) is 16.1 Å². The Bertz CT molecular complexity index is 269. The lowest BCUT2D eigenvalue weighted by atomic mass is 9.88. The Hall–Kier alpha value is -0.890. The molecule has 0 aromatic carbocycles. The lowest BCUT2D eigenvalue weighted by molar-refractivity contribution is 0.311. The smallest absolute Gasteiger partial charge is 0.0449 e. The lowest BCUT2D eigenvalue weighted by Crippen LogP contribution is -2.25. The van der Waals surface area contributed by atoms with E-state index < -0.39 is 0 Å². The third kappa shape index (κ3) is 3.63. The highest BCUT2D eigenvalue weighted by Crippen LogP contribution is 2.25. The molecule has 2 unspecified atom stereocenters. The first-order valence-electron chi connectivity index (χ1n) is 5.70. The van der Waals surface area contributed by atoms with Crippen molar-refractivity contribution in [3.05, 3.63) is 30.1 Å². The van der Waals surface area contributed by atoms with Gasteiger partial charge in [-0.3, -0.25) is 4.98 Å². The first-order valence-corrected chi connectivity index (χ1v) is 5.70. The molecule has 0 spiro atoms. The summed E-state index contributed by atoms with van der Waals surface area (Å²) in [5.74, 6) is 1.23. The molecule has 0 aliphatic heterocycles. The summed E-state index contributed by atoms with van der Waals surface area (Å²) < 4.78 is 0. The van der Waals surface area contributed by atoms with E-state index in [1.807, 2.05) is 12.3 Å². The third-order valence-corrected chi connectivity index (χ3v) is 2.96. The molecule has 0 saturated heterocycles. The Morgan fingerprint density at radius 2 is 2.07 bits per heavy atom. The molecule has 2 atom stereocenters. The molecule has 0 aliphatic rings. The number of hydrogen-bond donors (Lipinski definition) is 0. The second-order valence-corrected chi connectivity index (χ2v) is 4.51. The van der Waals surface area contributed by atoms with Gasteiger partial charge in [0.05, 0.1) is 0 Å². The van der Waals surface area contributed by atoms with Gasteiger partial charge >= 0.3 is 0 Å². The maximum absolute atomic E-state index is 4.47. The van der Waals surface area contributed by atoms with Gasteiger partial charge in [0.25, 0.3) is 0 Å². The van der Waals surface area contributed by atoms with Crippen LogP contribution in [0.2, 0.25) is 0 Å². The van der Waals surface area contributed by atoms with Crippen LogP contribution in [0.15, 0.2) is 24.4 Å². The Kier molecular flexibility index (Phi) is 4.76. The van der Waals surface area contributed by atoms with E-state index in [1.54, 1.807) is 0 Å². The Balaban J connectivity index is 2.81. The minimum atomic E-state index is 0.547. The van der Waals surface area contributed by atoms with Gasteiger partial charge in [-0.15, -0.1) is 0 Å². The fourth-order valence-electron chi connectivity index (χ4n) is 1.84. The van der Waals surface area contributed by atoms with Gasteiger partial charge in [-0.05, 0) is 32.1 Å². The molecule has 0 amide bonds. The van der Waals surface area contributed by atoms with E-state index in [0.717, 1.165) is 6.54 Å². The van der Waals surface area contributed by atoms with Crippen molar-refractivity contribution in [3.8, 4) is 0 Å². The predicted molar refractivity (Wildman–Crippen MR) is 65.0 cm³/mol. The molecule has 1 aromatic heterocycles. The molecule has 0 saturated carbocycles. The zero-order valence-corrected chi connectivity index (χ0v) is 10.3. The summed E-state index contributed by atoms with van der Waals surface area (Å²) in [5.41, 5.74) is 1.22. The van der Waals surface area contributed by atoms with Crippen LogP contribution in [0, 0.1) is 5.92 Å². The summed E-state index contributed by atoms with van der Waals surface area (Å²) in [6.45, 7) is 5.63. The number of hydrogen-bond acceptors (Lipinski definition) is 2. The van der Waals surface area contributed by atoms with Crippen molar-refractivity contribution in [3.63, 3.8) is 0 Å². The number of rotatable bonds is 5. The average molecular weight is 206 g/mol. The molecule has 1 rings (SSSR count). The highest BCUT2D eigenvalue weighted by atomic mass is 15.1. The maximum Gasteiger partial charge on any atom is 0.0449 e. The van der Waals surface area contributed by atoms with E-state index in [1.165, 1.54) is 12.1 Å². The standard InChI is InChI=1S/C13H22N2/c1-5-11(2)12(10-15(3)4)13-8-6-7-9-14-13/h6-9,11-12H,5,10H2,1-4H3. The van der Waals surface area contributed by atoms with Crippen LogP contribution in [0.5, 0.6) is 0 Å². The van der Waals surface area contributed by atoms with Gasteiger partial charge in [-0.2, -0.15) is 0 Å². The summed E-state index contributed by atoms with van der Waals surface area (Å²) in [5, 5.41) is 0. The van der Waals surface area contributed by atoms with Crippen LogP contribution < -0.4 is 0 Å². The van der Waals surface area contributed by atoms with Crippen molar-refractivity contribution in [2.45, 2.75) is 26.2 Å². The summed E-state index contributed by atoms with van der Waals surface area (Å²) in [7, 11) is 4.25. The van der Waals surface area contributed by atoms with Gasteiger partial charge in [-0.25, -0.2) is 0 Å². The molecule has 0 aliphatic carbocycles. The van der Waals surface area contributed by atoms with Gasteiger partial charge < -0.3 is 4.90 Å². The van der Waals surface area contributed by atoms with Crippen LogP contribution in [0.4, 0.5) is 0 Å². The molecule has 1 aromatic rings. The molecule has 2 heteroatoms. The van der Waals surface area contributed by atoms with Crippen LogP contribution in [-0.2, 0) is 0 Å². The highest BCUT2D eigenvalue weighted by molar-refractivity contribution is 5.11. The molecule has 15 heavy (non-hydrogen) atoms. The molecular formula is C13H22N2. The molecular weight excluding hydrogens is 184 g/mol. The van der Waals surface area contributed by atoms with Crippen LogP contribution in [-0.4, -0.2) is 30.5 Å². The normalized spacial score (nSPS) is 15.3. The van der Waals surface area contributed by atoms with Crippen molar-refractivity contribution < 1.29 is 0 Å². The van der Waals surface area contributed by atoms with Crippen molar-refractivity contribution in [2.75, 3.05) is 20.6 Å². The number of aromatic nitrogens is 1. The Morgan fingerprint density at radius 1 is 1.33 bits per heavy atom. The molecule has 0 N–H and O–H groups in total. The minimum Gasteiger partial charge on any atom is -0.309 e. The predicted octanol–water partition coefficient (Wildman–Crippen LogP) is 2.77. The van der Waals surface area contributed by atoms with Gasteiger partial charge in [0, 0.05) is 24.4 Å². The monoisotopic (exact) mass is 206 g/mol. The largest absolute Gasteiger partial charge is 0.309 e.